The van der Waals surface area contributed by atoms with Crippen LogP contribution in [0.5, 0.6) is 11.5 Å². The molecule has 0 radical (unpaired) electrons. The largest absolute Gasteiger partial charge is 0.744 e. The summed E-state index contributed by atoms with van der Waals surface area (Å²) >= 11 is 0. The van der Waals surface area contributed by atoms with E-state index in [1.807, 2.05) is 12.1 Å². The van der Waals surface area contributed by atoms with Crippen LogP contribution < -0.4 is 14.8 Å². The molecule has 0 aliphatic carbocycles. The van der Waals surface area contributed by atoms with Gasteiger partial charge < -0.3 is 19.3 Å². The predicted molar refractivity (Wildman–Crippen MR) is 157 cm³/mol. The summed E-state index contributed by atoms with van der Waals surface area (Å²) in [4.78, 5) is 15.1. The first-order valence-corrected chi connectivity index (χ1v) is 14.4. The quantitative estimate of drug-likeness (QED) is 0.138. The number of carbonyl (C=O) groups excluding carboxylic acids is 1. The second-order valence-corrected chi connectivity index (χ2v) is 11.1. The zero-order valence-electron chi connectivity index (χ0n) is 23.5. The summed E-state index contributed by atoms with van der Waals surface area (Å²) in [5.41, 5.74) is 2.01. The van der Waals surface area contributed by atoms with E-state index in [2.05, 4.69) is 43.2 Å². The van der Waals surface area contributed by atoms with Gasteiger partial charge in [0.2, 0.25) is 11.1 Å². The molecule has 214 valence electrons. The van der Waals surface area contributed by atoms with Crippen LogP contribution in [0.15, 0.2) is 89.8 Å². The first-order valence-electron chi connectivity index (χ1n) is 13.0. The highest BCUT2D eigenvalue weighted by Gasteiger charge is 2.19. The van der Waals surface area contributed by atoms with Gasteiger partial charge in [-0.25, -0.2) is 8.42 Å². The van der Waals surface area contributed by atoms with Crippen molar-refractivity contribution in [3.63, 3.8) is 0 Å². The maximum Gasteiger partial charge on any atom is 0.427 e. The third-order valence-electron chi connectivity index (χ3n) is 6.74. The number of nitrogens with one attached hydrogen (secondary N) is 1. The number of methoxy groups -OCH3 is 1. The summed E-state index contributed by atoms with van der Waals surface area (Å²) in [7, 11) is -2.91. The predicted octanol–water partition coefficient (Wildman–Crippen LogP) is 6.42. The van der Waals surface area contributed by atoms with Crippen LogP contribution >= 0.6 is 0 Å². The second-order valence-electron chi connectivity index (χ2n) is 9.78. The molecule has 1 N–H and O–H groups in total. The molecule has 1 amide bonds. The van der Waals surface area contributed by atoms with Gasteiger partial charge in [-0.05, 0) is 58.5 Å². The first kappa shape index (κ1) is 31.1. The minimum Gasteiger partial charge on any atom is -0.744 e. The van der Waals surface area contributed by atoms with Gasteiger partial charge in [0.05, 0.1) is 24.6 Å². The van der Waals surface area contributed by atoms with Crippen LogP contribution in [0.25, 0.3) is 15.7 Å². The molecule has 0 aromatic heterocycles. The van der Waals surface area contributed by atoms with Crippen molar-refractivity contribution in [2.45, 2.75) is 37.5 Å². The lowest BCUT2D eigenvalue weighted by atomic mass is 9.82. The lowest BCUT2D eigenvalue weighted by Crippen LogP contribution is -2.28. The van der Waals surface area contributed by atoms with Gasteiger partial charge in [-0.15, -0.1) is 0 Å². The summed E-state index contributed by atoms with van der Waals surface area (Å²) in [5.74, 6) is 0.893. The SMILES string of the molecule is CCC(C)(C)c1ccc(OCCNC(=O)c2ccc(OC)c([N+]#N)c2)cc1.O=S(=O)([O-])c1cccc2ccccc12. The van der Waals surface area contributed by atoms with E-state index in [0.717, 1.165) is 17.6 Å². The van der Waals surface area contributed by atoms with Crippen LogP contribution in [0.4, 0.5) is 5.69 Å². The van der Waals surface area contributed by atoms with E-state index in [1.165, 1.54) is 24.8 Å². The van der Waals surface area contributed by atoms with Crippen LogP contribution in [0.3, 0.4) is 0 Å². The van der Waals surface area contributed by atoms with E-state index < -0.39 is 10.1 Å². The molecule has 0 bridgehead atoms. The molecular weight excluding hydrogens is 542 g/mol. The van der Waals surface area contributed by atoms with E-state index in [1.54, 1.807) is 48.5 Å². The number of benzene rings is 4. The lowest BCUT2D eigenvalue weighted by Gasteiger charge is -2.23. The Bertz CT molecular complexity index is 1640. The lowest BCUT2D eigenvalue weighted by molar-refractivity contribution is 0.0947. The molecule has 0 saturated carbocycles. The van der Waals surface area contributed by atoms with Crippen LogP contribution in [-0.2, 0) is 15.5 Å². The number of nitrogens with zero attached hydrogens (tertiary/aromatic N) is 2. The Kier molecular flexibility index (Phi) is 10.4. The highest BCUT2D eigenvalue weighted by atomic mass is 32.2. The van der Waals surface area contributed by atoms with Crippen molar-refractivity contribution < 1.29 is 27.2 Å². The molecule has 41 heavy (non-hydrogen) atoms. The molecule has 0 unspecified atom stereocenters. The number of rotatable bonds is 9. The van der Waals surface area contributed by atoms with Crippen LogP contribution in [0, 0.1) is 5.39 Å². The van der Waals surface area contributed by atoms with Gasteiger partial charge in [0.25, 0.3) is 5.91 Å². The normalized spacial score (nSPS) is 11.1. The smallest absolute Gasteiger partial charge is 0.427 e. The van der Waals surface area contributed by atoms with E-state index in [9.17, 15) is 17.8 Å². The highest BCUT2D eigenvalue weighted by molar-refractivity contribution is 7.86. The zero-order chi connectivity index (χ0) is 30.0. The van der Waals surface area contributed by atoms with Crippen molar-refractivity contribution >= 4 is 32.5 Å². The highest BCUT2D eigenvalue weighted by Crippen LogP contribution is 2.29. The number of amides is 1. The fourth-order valence-electron chi connectivity index (χ4n) is 3.97. The summed E-state index contributed by atoms with van der Waals surface area (Å²) in [5, 5.41) is 13.0. The maximum atomic E-state index is 12.2. The van der Waals surface area contributed by atoms with Gasteiger partial charge in [-0.1, -0.05) is 69.3 Å². The van der Waals surface area contributed by atoms with Gasteiger partial charge in [0, 0.05) is 5.56 Å². The summed E-state index contributed by atoms with van der Waals surface area (Å²) < 4.78 is 43.4. The van der Waals surface area contributed by atoms with Gasteiger partial charge in [-0.2, -0.15) is 0 Å². The minimum absolute atomic E-state index is 0.143. The molecule has 0 aliphatic heterocycles. The number of ether oxygens (including phenoxy) is 2. The summed E-state index contributed by atoms with van der Waals surface area (Å²) in [6.45, 7) is 7.32. The molecule has 0 aliphatic rings. The first-order chi connectivity index (χ1) is 19.5. The topological polar surface area (TPSA) is 133 Å². The molecule has 4 aromatic rings. The molecule has 4 aromatic carbocycles. The maximum absolute atomic E-state index is 12.2. The molecular formula is C31H33N3O6S. The molecule has 4 rings (SSSR count). The van der Waals surface area contributed by atoms with E-state index in [-0.39, 0.29) is 21.9 Å². The number of diazo groups is 1. The second kappa shape index (κ2) is 13.7. The van der Waals surface area contributed by atoms with Gasteiger partial charge in [0.1, 0.15) is 22.5 Å². The number of hydrogen-bond acceptors (Lipinski definition) is 7. The van der Waals surface area contributed by atoms with Gasteiger partial charge in [-0.3, -0.25) is 4.79 Å². The Balaban J connectivity index is 0.000000275. The summed E-state index contributed by atoms with van der Waals surface area (Å²) in [6.07, 6.45) is 1.07. The number of fused-ring (bicyclic) bond motifs is 1. The fourth-order valence-corrected chi connectivity index (χ4v) is 4.67. The van der Waals surface area contributed by atoms with Crippen molar-refractivity contribution in [2.75, 3.05) is 20.3 Å². The average Bonchev–Trinajstić information content (AvgIpc) is 2.98. The molecule has 0 saturated heterocycles. The zero-order valence-corrected chi connectivity index (χ0v) is 24.3. The Morgan fingerprint density at radius 2 is 1.68 bits per heavy atom. The molecule has 10 heteroatoms. The van der Waals surface area contributed by atoms with Gasteiger partial charge >= 0.3 is 5.69 Å². The van der Waals surface area contributed by atoms with Gasteiger partial charge in [0.15, 0.2) is 4.98 Å². The number of carbonyl (C=O) groups is 1. The van der Waals surface area contributed by atoms with Crippen LogP contribution in [0.1, 0.15) is 43.1 Å². The van der Waals surface area contributed by atoms with Crippen molar-refractivity contribution in [1.29, 1.82) is 5.39 Å². The molecule has 0 atom stereocenters. The fraction of sp³-hybridized carbons (Fsp3) is 0.258. The minimum atomic E-state index is -4.38. The van der Waals surface area contributed by atoms with Crippen molar-refractivity contribution in [3.8, 4) is 11.5 Å². The van der Waals surface area contributed by atoms with Crippen molar-refractivity contribution in [3.05, 3.63) is 101 Å². The Morgan fingerprint density at radius 3 is 2.32 bits per heavy atom. The molecule has 9 nitrogen and oxygen atoms in total. The monoisotopic (exact) mass is 575 g/mol. The summed E-state index contributed by atoms with van der Waals surface area (Å²) in [6, 6.07) is 24.3. The van der Waals surface area contributed by atoms with Crippen molar-refractivity contribution in [1.82, 2.24) is 5.32 Å². The Hall–Kier alpha value is -4.46. The van der Waals surface area contributed by atoms with Crippen molar-refractivity contribution in [2.24, 2.45) is 0 Å². The third-order valence-corrected chi connectivity index (χ3v) is 7.64. The molecule has 0 fully saturated rings. The third kappa shape index (κ3) is 8.27. The number of hydrogen-bond donors (Lipinski definition) is 1. The van der Waals surface area contributed by atoms with Crippen LogP contribution in [-0.4, -0.2) is 39.1 Å². The molecule has 0 heterocycles. The Labute approximate surface area is 240 Å². The standard InChI is InChI=1S/C21H25N3O3.C10H8O3S/c1-5-21(2,3)16-7-9-17(10-8-16)27-13-12-23-20(25)15-6-11-19(26-4)18(14-15)24-22;11-14(12,13)10-7-3-5-8-4-1-2-6-9(8)10/h6-11,14H,5,12-13H2,1-4H3;1-7H,(H,11,12,13). The van der Waals surface area contributed by atoms with Crippen LogP contribution in [0.2, 0.25) is 0 Å². The van der Waals surface area contributed by atoms with E-state index in [0.29, 0.717) is 29.9 Å². The Morgan fingerprint density at radius 1 is 1.00 bits per heavy atom. The average molecular weight is 576 g/mol. The molecule has 0 spiro atoms. The van der Waals surface area contributed by atoms with E-state index in [4.69, 9.17) is 14.9 Å². The van der Waals surface area contributed by atoms with E-state index >= 15 is 0 Å².